The first kappa shape index (κ1) is 7.84. The minimum absolute atomic E-state index is 0.809. The van der Waals surface area contributed by atoms with Crippen LogP contribution in [0.4, 0.5) is 0 Å². The van der Waals surface area contributed by atoms with E-state index in [9.17, 15) is 0 Å². The summed E-state index contributed by atoms with van der Waals surface area (Å²) in [7, 11) is 0. The summed E-state index contributed by atoms with van der Waals surface area (Å²) in [6.45, 7) is 9.31. The lowest BCUT2D eigenvalue weighted by Crippen LogP contribution is -2.21. The minimum Gasteiger partial charge on any atom is -0.0851 e. The average Bonchev–Trinajstić information content (AvgIpc) is 1.93. The maximum absolute atomic E-state index is 2.40. The Morgan fingerprint density at radius 2 is 1.90 bits per heavy atom. The van der Waals surface area contributed by atoms with Gasteiger partial charge in [-0.25, -0.2) is 0 Å². The highest BCUT2D eigenvalue weighted by molar-refractivity contribution is 5.08. The molecule has 0 N–H and O–H groups in total. The summed E-state index contributed by atoms with van der Waals surface area (Å²) >= 11 is 0. The molecule has 0 aliphatic heterocycles. The molecule has 10 heavy (non-hydrogen) atoms. The first-order valence-electron chi connectivity index (χ1n) is 4.29. The highest BCUT2D eigenvalue weighted by Crippen LogP contribution is 2.33. The maximum atomic E-state index is 2.40. The first-order valence-corrected chi connectivity index (χ1v) is 4.29. The van der Waals surface area contributed by atoms with E-state index in [4.69, 9.17) is 0 Å². The molecular weight excluding hydrogens is 120 g/mol. The van der Waals surface area contributed by atoms with E-state index in [0.717, 1.165) is 17.8 Å². The minimum atomic E-state index is 0.809. The summed E-state index contributed by atoms with van der Waals surface area (Å²) in [5, 5.41) is 0. The van der Waals surface area contributed by atoms with Gasteiger partial charge >= 0.3 is 0 Å². The SMILES string of the molecule is CC1=CC[C@@H](C)[C@@H](C)[C@@H]1C. The van der Waals surface area contributed by atoms with Gasteiger partial charge in [-0.15, -0.1) is 0 Å². The van der Waals surface area contributed by atoms with Gasteiger partial charge in [-0.2, -0.15) is 0 Å². The van der Waals surface area contributed by atoms with Gasteiger partial charge in [0.15, 0.2) is 0 Å². The summed E-state index contributed by atoms with van der Waals surface area (Å²) in [5.41, 5.74) is 1.59. The van der Waals surface area contributed by atoms with E-state index in [0.29, 0.717) is 0 Å². The van der Waals surface area contributed by atoms with Gasteiger partial charge in [0, 0.05) is 0 Å². The maximum Gasteiger partial charge on any atom is -0.0206 e. The second-order valence-electron chi connectivity index (χ2n) is 3.81. The number of hydrogen-bond acceptors (Lipinski definition) is 0. The predicted molar refractivity (Wildman–Crippen MR) is 45.9 cm³/mol. The van der Waals surface area contributed by atoms with E-state index in [1.54, 1.807) is 5.57 Å². The second-order valence-corrected chi connectivity index (χ2v) is 3.81. The van der Waals surface area contributed by atoms with Crippen LogP contribution in [-0.4, -0.2) is 0 Å². The van der Waals surface area contributed by atoms with Crippen LogP contribution in [-0.2, 0) is 0 Å². The third kappa shape index (κ3) is 1.25. The third-order valence-corrected chi connectivity index (χ3v) is 3.22. The van der Waals surface area contributed by atoms with Crippen LogP contribution in [0, 0.1) is 17.8 Å². The van der Waals surface area contributed by atoms with Crippen LogP contribution in [0.2, 0.25) is 0 Å². The summed E-state index contributed by atoms with van der Waals surface area (Å²) < 4.78 is 0. The predicted octanol–water partition coefficient (Wildman–Crippen LogP) is 3.24. The Balaban J connectivity index is 2.71. The van der Waals surface area contributed by atoms with Crippen LogP contribution in [0.15, 0.2) is 11.6 Å². The van der Waals surface area contributed by atoms with Crippen molar-refractivity contribution in [3.05, 3.63) is 11.6 Å². The fraction of sp³-hybridized carbons (Fsp3) is 0.800. The molecular formula is C10H18. The Labute approximate surface area is 64.3 Å². The molecule has 0 amide bonds. The zero-order chi connectivity index (χ0) is 7.72. The van der Waals surface area contributed by atoms with Gasteiger partial charge in [0.2, 0.25) is 0 Å². The van der Waals surface area contributed by atoms with E-state index < -0.39 is 0 Å². The molecule has 0 heteroatoms. The van der Waals surface area contributed by atoms with Crippen molar-refractivity contribution < 1.29 is 0 Å². The molecule has 0 fully saturated rings. The largest absolute Gasteiger partial charge is 0.0851 e. The number of allylic oxidation sites excluding steroid dienone is 2. The lowest BCUT2D eigenvalue weighted by atomic mass is 9.75. The monoisotopic (exact) mass is 138 g/mol. The highest BCUT2D eigenvalue weighted by atomic mass is 14.3. The summed E-state index contributed by atoms with van der Waals surface area (Å²) in [6, 6.07) is 0. The van der Waals surface area contributed by atoms with Crippen LogP contribution in [0.25, 0.3) is 0 Å². The van der Waals surface area contributed by atoms with Crippen LogP contribution in [0.1, 0.15) is 34.1 Å². The zero-order valence-electron chi connectivity index (χ0n) is 7.52. The number of hydrogen-bond donors (Lipinski definition) is 0. The molecule has 3 atom stereocenters. The van der Waals surface area contributed by atoms with Crippen molar-refractivity contribution >= 4 is 0 Å². The van der Waals surface area contributed by atoms with Gasteiger partial charge in [-0.05, 0) is 31.1 Å². The molecule has 0 saturated heterocycles. The van der Waals surface area contributed by atoms with Gasteiger partial charge in [0.25, 0.3) is 0 Å². The van der Waals surface area contributed by atoms with Crippen molar-refractivity contribution in [1.29, 1.82) is 0 Å². The Morgan fingerprint density at radius 1 is 1.30 bits per heavy atom. The van der Waals surface area contributed by atoms with E-state index in [-0.39, 0.29) is 0 Å². The van der Waals surface area contributed by atoms with Gasteiger partial charge in [-0.1, -0.05) is 32.4 Å². The van der Waals surface area contributed by atoms with Gasteiger partial charge in [0.05, 0.1) is 0 Å². The normalized spacial score (nSPS) is 41.2. The molecule has 0 spiro atoms. The average molecular weight is 138 g/mol. The second kappa shape index (κ2) is 2.77. The van der Waals surface area contributed by atoms with E-state index in [1.165, 1.54) is 6.42 Å². The quantitative estimate of drug-likeness (QED) is 0.451. The molecule has 0 unspecified atom stereocenters. The molecule has 0 aromatic rings. The van der Waals surface area contributed by atoms with Crippen LogP contribution in [0.3, 0.4) is 0 Å². The molecule has 0 heterocycles. The molecule has 1 aliphatic carbocycles. The van der Waals surface area contributed by atoms with E-state index in [2.05, 4.69) is 33.8 Å². The first-order chi connectivity index (χ1) is 4.63. The van der Waals surface area contributed by atoms with Crippen LogP contribution >= 0.6 is 0 Å². The summed E-state index contributed by atoms with van der Waals surface area (Å²) in [6.07, 6.45) is 3.69. The van der Waals surface area contributed by atoms with Crippen molar-refractivity contribution in [1.82, 2.24) is 0 Å². The zero-order valence-corrected chi connectivity index (χ0v) is 7.52. The highest BCUT2D eigenvalue weighted by Gasteiger charge is 2.22. The topological polar surface area (TPSA) is 0 Å². The Bertz CT molecular complexity index is 144. The lowest BCUT2D eigenvalue weighted by molar-refractivity contribution is 0.292. The molecule has 0 nitrogen and oxygen atoms in total. The molecule has 0 aromatic carbocycles. The summed E-state index contributed by atoms with van der Waals surface area (Å²) in [4.78, 5) is 0. The lowest BCUT2D eigenvalue weighted by Gasteiger charge is -2.30. The van der Waals surface area contributed by atoms with Crippen LogP contribution < -0.4 is 0 Å². The molecule has 1 rings (SSSR count). The molecule has 58 valence electrons. The Morgan fingerprint density at radius 3 is 2.40 bits per heavy atom. The summed E-state index contributed by atoms with van der Waals surface area (Å²) in [5.74, 6) is 2.58. The van der Waals surface area contributed by atoms with Gasteiger partial charge < -0.3 is 0 Å². The van der Waals surface area contributed by atoms with E-state index in [1.807, 2.05) is 0 Å². The number of rotatable bonds is 0. The van der Waals surface area contributed by atoms with Crippen LogP contribution in [0.5, 0.6) is 0 Å². The van der Waals surface area contributed by atoms with Gasteiger partial charge in [0.1, 0.15) is 0 Å². The standard InChI is InChI=1S/C10H18/c1-7-5-6-8(2)10(4)9(7)3/h5,8-10H,6H2,1-4H3/t8-,9-,10-/m1/s1. The van der Waals surface area contributed by atoms with Crippen molar-refractivity contribution in [3.8, 4) is 0 Å². The van der Waals surface area contributed by atoms with Crippen molar-refractivity contribution in [3.63, 3.8) is 0 Å². The Hall–Kier alpha value is -0.260. The molecule has 1 aliphatic rings. The smallest absolute Gasteiger partial charge is 0.0206 e. The Kier molecular flexibility index (Phi) is 2.18. The molecule has 0 saturated carbocycles. The van der Waals surface area contributed by atoms with Crippen molar-refractivity contribution in [2.75, 3.05) is 0 Å². The molecule has 0 radical (unpaired) electrons. The fourth-order valence-corrected chi connectivity index (χ4v) is 1.68. The molecule has 0 bridgehead atoms. The van der Waals surface area contributed by atoms with E-state index >= 15 is 0 Å². The van der Waals surface area contributed by atoms with Crippen molar-refractivity contribution in [2.24, 2.45) is 17.8 Å². The van der Waals surface area contributed by atoms with Gasteiger partial charge in [-0.3, -0.25) is 0 Å². The molecule has 0 aromatic heterocycles. The third-order valence-electron chi connectivity index (χ3n) is 3.22. The fourth-order valence-electron chi connectivity index (χ4n) is 1.68. The van der Waals surface area contributed by atoms with Crippen molar-refractivity contribution in [2.45, 2.75) is 34.1 Å².